The largest absolute Gasteiger partial charge is 0.494 e. The van der Waals surface area contributed by atoms with E-state index in [0.717, 1.165) is 16.9 Å². The Hall–Kier alpha value is -4.49. The van der Waals surface area contributed by atoms with Crippen LogP contribution in [0, 0.1) is 0 Å². The molecule has 0 unspecified atom stereocenters. The van der Waals surface area contributed by atoms with E-state index in [1.54, 1.807) is 10.6 Å². The third kappa shape index (κ3) is 5.28. The summed E-state index contributed by atoms with van der Waals surface area (Å²) in [5.74, 6) is 0.431. The topological polar surface area (TPSA) is 72.7 Å². The van der Waals surface area contributed by atoms with Crippen LogP contribution < -0.4 is 24.9 Å². The van der Waals surface area contributed by atoms with Crippen LogP contribution in [0.25, 0.3) is 12.2 Å². The van der Waals surface area contributed by atoms with Gasteiger partial charge in [0.15, 0.2) is 4.80 Å². The number of aromatic nitrogens is 1. The van der Waals surface area contributed by atoms with Crippen molar-refractivity contribution in [3.8, 4) is 5.75 Å². The number of amides is 1. The van der Waals surface area contributed by atoms with Gasteiger partial charge < -0.3 is 10.1 Å². The van der Waals surface area contributed by atoms with E-state index in [0.29, 0.717) is 32.9 Å². The Morgan fingerprint density at radius 1 is 1.03 bits per heavy atom. The first-order chi connectivity index (χ1) is 18.5. The lowest BCUT2D eigenvalue weighted by Crippen LogP contribution is -2.40. The number of nitrogens with zero attached hydrogens (tertiary/aromatic N) is 2. The quantitative estimate of drug-likeness (QED) is 0.375. The van der Waals surface area contributed by atoms with Gasteiger partial charge in [-0.2, -0.15) is 0 Å². The number of ether oxygens (including phenoxy) is 1. The molecule has 1 aliphatic heterocycles. The van der Waals surface area contributed by atoms with Gasteiger partial charge in [-0.25, -0.2) is 4.99 Å². The van der Waals surface area contributed by atoms with E-state index in [-0.39, 0.29) is 11.5 Å². The van der Waals surface area contributed by atoms with Gasteiger partial charge >= 0.3 is 0 Å². The van der Waals surface area contributed by atoms with Crippen LogP contribution in [0.15, 0.2) is 112 Å². The van der Waals surface area contributed by atoms with Crippen molar-refractivity contribution in [3.05, 3.63) is 133 Å². The summed E-state index contributed by atoms with van der Waals surface area (Å²) in [7, 11) is 0. The number of allylic oxidation sites excluding steroid dienone is 2. The van der Waals surface area contributed by atoms with Crippen LogP contribution in [-0.2, 0) is 4.79 Å². The van der Waals surface area contributed by atoms with E-state index in [4.69, 9.17) is 9.73 Å². The average molecular weight is 522 g/mol. The lowest BCUT2D eigenvalue weighted by atomic mass is 9.95. The molecule has 1 N–H and O–H groups in total. The molecule has 6 nitrogen and oxygen atoms in total. The number of para-hydroxylation sites is 1. The second-order valence-corrected chi connectivity index (χ2v) is 9.71. The van der Waals surface area contributed by atoms with Crippen LogP contribution in [0.5, 0.6) is 5.75 Å². The molecule has 1 amide bonds. The molecule has 7 heteroatoms. The Morgan fingerprint density at radius 2 is 1.71 bits per heavy atom. The van der Waals surface area contributed by atoms with Crippen molar-refractivity contribution in [3.63, 3.8) is 0 Å². The Balaban J connectivity index is 1.60. The fourth-order valence-corrected chi connectivity index (χ4v) is 5.38. The molecule has 0 bridgehead atoms. The van der Waals surface area contributed by atoms with Crippen LogP contribution in [-0.4, -0.2) is 17.1 Å². The molecule has 0 aliphatic carbocycles. The molecule has 0 radical (unpaired) electrons. The maximum atomic E-state index is 13.7. The number of benzene rings is 3. The molecule has 5 rings (SSSR count). The fraction of sp³-hybridized carbons (Fsp3) is 0.129. The summed E-state index contributed by atoms with van der Waals surface area (Å²) >= 11 is 1.31. The third-order valence-electron chi connectivity index (χ3n) is 6.14. The first-order valence-electron chi connectivity index (χ1n) is 12.4. The van der Waals surface area contributed by atoms with Crippen LogP contribution in [0.2, 0.25) is 0 Å². The SMILES string of the molecule is CCOc1ccc([C@@H]2C(C(=O)Nc3ccccc3)=C(C)N=c3s/c(=C/C=C/c4ccccc4)c(=O)n32)cc1. The fourth-order valence-electron chi connectivity index (χ4n) is 4.39. The smallest absolute Gasteiger partial charge is 0.271 e. The first kappa shape index (κ1) is 25.2. The number of hydrogen-bond donors (Lipinski definition) is 1. The third-order valence-corrected chi connectivity index (χ3v) is 7.14. The minimum absolute atomic E-state index is 0.192. The van der Waals surface area contributed by atoms with Crippen LogP contribution in [0.3, 0.4) is 0 Å². The van der Waals surface area contributed by atoms with Gasteiger partial charge in [-0.05, 0) is 55.3 Å². The first-order valence-corrected chi connectivity index (χ1v) is 13.2. The van der Waals surface area contributed by atoms with Gasteiger partial charge in [0.05, 0.1) is 28.5 Å². The molecule has 1 atom stereocenters. The van der Waals surface area contributed by atoms with Gasteiger partial charge in [0, 0.05) is 5.69 Å². The summed E-state index contributed by atoms with van der Waals surface area (Å²) in [6.07, 6.45) is 5.62. The normalized spacial score (nSPS) is 15.3. The number of fused-ring (bicyclic) bond motifs is 1. The second kappa shape index (κ2) is 11.3. The van der Waals surface area contributed by atoms with E-state index in [1.165, 1.54) is 11.3 Å². The molecule has 0 saturated heterocycles. The minimum Gasteiger partial charge on any atom is -0.494 e. The molecule has 3 aromatic carbocycles. The van der Waals surface area contributed by atoms with Crippen molar-refractivity contribution >= 4 is 35.1 Å². The zero-order chi connectivity index (χ0) is 26.5. The van der Waals surface area contributed by atoms with E-state index in [2.05, 4.69) is 5.32 Å². The highest BCUT2D eigenvalue weighted by atomic mass is 32.1. The molecular formula is C31H27N3O3S. The zero-order valence-electron chi connectivity index (χ0n) is 21.1. The number of carbonyl (C=O) groups excluding carboxylic acids is 1. The molecule has 4 aromatic rings. The monoisotopic (exact) mass is 521 g/mol. The van der Waals surface area contributed by atoms with Gasteiger partial charge in [-0.1, -0.05) is 84.2 Å². The summed E-state index contributed by atoms with van der Waals surface area (Å²) in [5, 5.41) is 2.97. The minimum atomic E-state index is -0.633. The van der Waals surface area contributed by atoms with Gasteiger partial charge in [-0.15, -0.1) is 0 Å². The van der Waals surface area contributed by atoms with Gasteiger partial charge in [0.1, 0.15) is 5.75 Å². The van der Waals surface area contributed by atoms with E-state index >= 15 is 0 Å². The molecule has 190 valence electrons. The molecule has 1 aromatic heterocycles. The molecule has 38 heavy (non-hydrogen) atoms. The van der Waals surface area contributed by atoms with Gasteiger partial charge in [-0.3, -0.25) is 14.2 Å². The van der Waals surface area contributed by atoms with Crippen molar-refractivity contribution in [1.29, 1.82) is 0 Å². The molecule has 1 aliphatic rings. The summed E-state index contributed by atoms with van der Waals surface area (Å²) < 4.78 is 7.78. The predicted octanol–water partition coefficient (Wildman–Crippen LogP) is 4.94. The van der Waals surface area contributed by atoms with E-state index in [1.807, 2.05) is 111 Å². The highest BCUT2D eigenvalue weighted by Crippen LogP contribution is 2.31. The zero-order valence-corrected chi connectivity index (χ0v) is 21.9. The second-order valence-electron chi connectivity index (χ2n) is 8.70. The molecule has 0 spiro atoms. The highest BCUT2D eigenvalue weighted by molar-refractivity contribution is 7.07. The summed E-state index contributed by atoms with van der Waals surface area (Å²) in [4.78, 5) is 32.6. The highest BCUT2D eigenvalue weighted by Gasteiger charge is 2.32. The van der Waals surface area contributed by atoms with Crippen molar-refractivity contribution in [2.45, 2.75) is 19.9 Å². The van der Waals surface area contributed by atoms with Gasteiger partial charge in [0.25, 0.3) is 11.5 Å². The number of thiazole rings is 1. The molecule has 0 fully saturated rings. The Labute approximate surface area is 224 Å². The number of carbonyl (C=O) groups is 1. The summed E-state index contributed by atoms with van der Waals surface area (Å²) in [6, 6.07) is 26.0. The summed E-state index contributed by atoms with van der Waals surface area (Å²) in [5.41, 5.74) is 3.32. The molecular weight excluding hydrogens is 494 g/mol. The maximum Gasteiger partial charge on any atom is 0.271 e. The number of nitrogens with one attached hydrogen (secondary N) is 1. The van der Waals surface area contributed by atoms with Crippen molar-refractivity contribution < 1.29 is 9.53 Å². The maximum absolute atomic E-state index is 13.7. The van der Waals surface area contributed by atoms with Crippen molar-refractivity contribution in [1.82, 2.24) is 4.57 Å². The number of anilines is 1. The number of hydrogen-bond acceptors (Lipinski definition) is 5. The lowest BCUT2D eigenvalue weighted by molar-refractivity contribution is -0.113. The molecule has 2 heterocycles. The standard InChI is InChI=1S/C31H27N3O3S/c1-3-37-25-19-17-23(18-20-25)28-27(29(35)33-24-14-8-5-9-15-24)21(2)32-31-34(28)30(36)26(38-31)16-10-13-22-11-6-4-7-12-22/h4-20,28H,3H2,1-2H3,(H,33,35)/b13-10+,26-16+/t28-/m1/s1. The average Bonchev–Trinajstić information content (AvgIpc) is 3.24. The van der Waals surface area contributed by atoms with Crippen molar-refractivity contribution in [2.24, 2.45) is 4.99 Å². The van der Waals surface area contributed by atoms with Crippen LogP contribution in [0.4, 0.5) is 5.69 Å². The van der Waals surface area contributed by atoms with Crippen LogP contribution in [0.1, 0.15) is 31.0 Å². The lowest BCUT2D eigenvalue weighted by Gasteiger charge is -2.25. The van der Waals surface area contributed by atoms with E-state index in [9.17, 15) is 9.59 Å². The number of rotatable bonds is 7. The Bertz CT molecular complexity index is 1680. The van der Waals surface area contributed by atoms with Gasteiger partial charge in [0.2, 0.25) is 0 Å². The van der Waals surface area contributed by atoms with Crippen LogP contribution >= 0.6 is 11.3 Å². The summed E-state index contributed by atoms with van der Waals surface area (Å²) in [6.45, 7) is 4.29. The molecule has 0 saturated carbocycles. The Kier molecular flexibility index (Phi) is 7.47. The van der Waals surface area contributed by atoms with Crippen molar-refractivity contribution in [2.75, 3.05) is 11.9 Å². The van der Waals surface area contributed by atoms with E-state index < -0.39 is 6.04 Å². The predicted molar refractivity (Wildman–Crippen MR) is 153 cm³/mol. The Morgan fingerprint density at radius 3 is 2.39 bits per heavy atom.